The first-order valence-electron chi connectivity index (χ1n) is 10.4. The van der Waals surface area contributed by atoms with E-state index in [1.165, 1.54) is 37.7 Å². The van der Waals surface area contributed by atoms with Gasteiger partial charge < -0.3 is 11.1 Å². The first-order chi connectivity index (χ1) is 14.1. The van der Waals surface area contributed by atoms with Crippen molar-refractivity contribution in [3.63, 3.8) is 0 Å². The Morgan fingerprint density at radius 3 is 2.59 bits per heavy atom. The van der Waals surface area contributed by atoms with Gasteiger partial charge >= 0.3 is 0 Å². The summed E-state index contributed by atoms with van der Waals surface area (Å²) in [6.07, 6.45) is 6.34. The third-order valence-electron chi connectivity index (χ3n) is 5.70. The van der Waals surface area contributed by atoms with Crippen molar-refractivity contribution in [2.45, 2.75) is 39.0 Å². The van der Waals surface area contributed by atoms with Crippen LogP contribution in [0.4, 0.5) is 5.82 Å². The molecule has 1 heterocycles. The number of benzene rings is 2. The monoisotopic (exact) mass is 388 g/mol. The van der Waals surface area contributed by atoms with E-state index in [9.17, 15) is 4.79 Å². The van der Waals surface area contributed by atoms with Gasteiger partial charge in [-0.3, -0.25) is 4.79 Å². The lowest BCUT2D eigenvalue weighted by molar-refractivity contribution is 0.0943. The molecule has 150 valence electrons. The fourth-order valence-corrected chi connectivity index (χ4v) is 4.03. The third kappa shape index (κ3) is 4.50. The predicted octanol–water partition coefficient (Wildman–Crippen LogP) is 4.74. The van der Waals surface area contributed by atoms with E-state index in [0.717, 1.165) is 23.5 Å². The van der Waals surface area contributed by atoms with Crippen LogP contribution in [0.3, 0.4) is 0 Å². The number of anilines is 1. The average Bonchev–Trinajstić information content (AvgIpc) is 3.14. The maximum absolute atomic E-state index is 12.5. The summed E-state index contributed by atoms with van der Waals surface area (Å²) in [5.74, 6) is 1.17. The Morgan fingerprint density at radius 2 is 1.86 bits per heavy atom. The zero-order chi connectivity index (χ0) is 20.2. The number of nitrogens with two attached hydrogens (primary N) is 1. The summed E-state index contributed by atoms with van der Waals surface area (Å²) in [6, 6.07) is 17.5. The van der Waals surface area contributed by atoms with Crippen molar-refractivity contribution < 1.29 is 4.79 Å². The van der Waals surface area contributed by atoms with Gasteiger partial charge in [0.1, 0.15) is 5.82 Å². The second kappa shape index (κ2) is 8.52. The minimum Gasteiger partial charge on any atom is -0.384 e. The lowest BCUT2D eigenvalue weighted by Crippen LogP contribution is -2.30. The molecule has 5 heteroatoms. The number of aryl methyl sites for hydroxylation is 1. The predicted molar refractivity (Wildman–Crippen MR) is 117 cm³/mol. The Morgan fingerprint density at radius 1 is 1.10 bits per heavy atom. The molecule has 3 N–H and O–H groups in total. The van der Waals surface area contributed by atoms with Crippen LogP contribution in [0.1, 0.15) is 48.0 Å². The Labute approximate surface area is 171 Å². The first-order valence-corrected chi connectivity index (χ1v) is 10.4. The van der Waals surface area contributed by atoms with Gasteiger partial charge in [0.25, 0.3) is 5.91 Å². The van der Waals surface area contributed by atoms with Crippen molar-refractivity contribution in [1.82, 2.24) is 15.1 Å². The van der Waals surface area contributed by atoms with E-state index in [4.69, 9.17) is 5.73 Å². The minimum atomic E-state index is -0.0176. The quantitative estimate of drug-likeness (QED) is 0.663. The van der Waals surface area contributed by atoms with E-state index in [2.05, 4.69) is 29.5 Å². The van der Waals surface area contributed by atoms with E-state index in [0.29, 0.717) is 17.3 Å². The number of nitrogens with one attached hydrogen (secondary N) is 1. The number of nitrogen functional groups attached to an aromatic ring is 1. The SMILES string of the molecule is Cc1cccc(-c2cc(N)n(-c3ccc(C(=O)NCC4CCCCC4)cc3)n2)c1. The van der Waals surface area contributed by atoms with Crippen LogP contribution in [0.5, 0.6) is 0 Å². The van der Waals surface area contributed by atoms with Crippen molar-refractivity contribution in [2.24, 2.45) is 5.92 Å². The average molecular weight is 389 g/mol. The van der Waals surface area contributed by atoms with Crippen LogP contribution in [-0.4, -0.2) is 22.2 Å². The normalized spacial score (nSPS) is 14.7. The van der Waals surface area contributed by atoms with Gasteiger partial charge in [-0.25, -0.2) is 4.68 Å². The summed E-state index contributed by atoms with van der Waals surface area (Å²) in [5.41, 5.74) is 10.7. The van der Waals surface area contributed by atoms with Crippen LogP contribution in [0.2, 0.25) is 0 Å². The maximum atomic E-state index is 12.5. The molecule has 1 saturated carbocycles. The van der Waals surface area contributed by atoms with Gasteiger partial charge in [0.2, 0.25) is 0 Å². The second-order valence-corrected chi connectivity index (χ2v) is 8.00. The van der Waals surface area contributed by atoms with Gasteiger partial charge in [-0.1, -0.05) is 43.0 Å². The second-order valence-electron chi connectivity index (χ2n) is 8.00. The number of aromatic nitrogens is 2. The molecule has 2 aromatic carbocycles. The number of hydrogen-bond donors (Lipinski definition) is 2. The van der Waals surface area contributed by atoms with E-state index in [1.54, 1.807) is 4.68 Å². The van der Waals surface area contributed by atoms with E-state index in [-0.39, 0.29) is 5.91 Å². The summed E-state index contributed by atoms with van der Waals surface area (Å²) in [7, 11) is 0. The van der Waals surface area contributed by atoms with Crippen molar-refractivity contribution in [2.75, 3.05) is 12.3 Å². The molecule has 0 atom stereocenters. The molecule has 0 unspecified atom stereocenters. The Hall–Kier alpha value is -3.08. The summed E-state index contributed by atoms with van der Waals surface area (Å²) in [4.78, 5) is 12.5. The highest BCUT2D eigenvalue weighted by molar-refractivity contribution is 5.94. The smallest absolute Gasteiger partial charge is 0.251 e. The highest BCUT2D eigenvalue weighted by Crippen LogP contribution is 2.24. The molecule has 0 saturated heterocycles. The van der Waals surface area contributed by atoms with E-state index in [1.807, 2.05) is 42.5 Å². The van der Waals surface area contributed by atoms with Gasteiger partial charge in [-0.15, -0.1) is 0 Å². The van der Waals surface area contributed by atoms with Gasteiger partial charge in [0.05, 0.1) is 11.4 Å². The number of carbonyl (C=O) groups is 1. The molecule has 1 aromatic heterocycles. The van der Waals surface area contributed by atoms with Crippen LogP contribution in [0.25, 0.3) is 16.9 Å². The Bertz CT molecular complexity index is 984. The van der Waals surface area contributed by atoms with Crippen LogP contribution in [0, 0.1) is 12.8 Å². The standard InChI is InChI=1S/C24H28N4O/c1-17-6-5-9-20(14-17)22-15-23(25)28(27-22)21-12-10-19(11-13-21)24(29)26-16-18-7-3-2-4-8-18/h5-6,9-15,18H,2-4,7-8,16,25H2,1H3,(H,26,29). The van der Waals surface area contributed by atoms with E-state index >= 15 is 0 Å². The fourth-order valence-electron chi connectivity index (χ4n) is 4.03. The molecule has 0 spiro atoms. The van der Waals surface area contributed by atoms with Gasteiger partial charge in [0, 0.05) is 23.7 Å². The first kappa shape index (κ1) is 19.2. The minimum absolute atomic E-state index is 0.0176. The van der Waals surface area contributed by atoms with Crippen LogP contribution < -0.4 is 11.1 Å². The Kier molecular flexibility index (Phi) is 5.65. The van der Waals surface area contributed by atoms with Crippen LogP contribution in [-0.2, 0) is 0 Å². The molecule has 3 aromatic rings. The largest absolute Gasteiger partial charge is 0.384 e. The molecule has 4 rings (SSSR count). The highest BCUT2D eigenvalue weighted by atomic mass is 16.1. The van der Waals surface area contributed by atoms with Gasteiger partial charge in [-0.05, 0) is 56.0 Å². The summed E-state index contributed by atoms with van der Waals surface area (Å²) in [6.45, 7) is 2.83. The fraction of sp³-hybridized carbons (Fsp3) is 0.333. The van der Waals surface area contributed by atoms with Gasteiger partial charge in [-0.2, -0.15) is 5.10 Å². The number of amides is 1. The number of nitrogens with zero attached hydrogens (tertiary/aromatic N) is 2. The Balaban J connectivity index is 1.45. The molecule has 0 radical (unpaired) electrons. The van der Waals surface area contributed by atoms with Gasteiger partial charge in [0.15, 0.2) is 0 Å². The summed E-state index contributed by atoms with van der Waals surface area (Å²) < 4.78 is 1.71. The molecular weight excluding hydrogens is 360 g/mol. The zero-order valence-corrected chi connectivity index (χ0v) is 16.9. The molecule has 0 bridgehead atoms. The molecule has 1 fully saturated rings. The lowest BCUT2D eigenvalue weighted by Gasteiger charge is -2.21. The molecule has 29 heavy (non-hydrogen) atoms. The molecular formula is C24H28N4O. The van der Waals surface area contributed by atoms with Crippen molar-refractivity contribution in [3.8, 4) is 16.9 Å². The maximum Gasteiger partial charge on any atom is 0.251 e. The molecule has 5 nitrogen and oxygen atoms in total. The van der Waals surface area contributed by atoms with Crippen molar-refractivity contribution >= 4 is 11.7 Å². The summed E-state index contributed by atoms with van der Waals surface area (Å²) in [5, 5.41) is 7.74. The van der Waals surface area contributed by atoms with E-state index < -0.39 is 0 Å². The van der Waals surface area contributed by atoms with Crippen molar-refractivity contribution in [1.29, 1.82) is 0 Å². The molecule has 1 aliphatic rings. The van der Waals surface area contributed by atoms with Crippen LogP contribution in [0.15, 0.2) is 54.6 Å². The molecule has 0 aliphatic heterocycles. The van der Waals surface area contributed by atoms with Crippen LogP contribution >= 0.6 is 0 Å². The highest BCUT2D eigenvalue weighted by Gasteiger charge is 2.15. The number of rotatable bonds is 5. The molecule has 1 amide bonds. The number of hydrogen-bond acceptors (Lipinski definition) is 3. The molecule has 1 aliphatic carbocycles. The number of carbonyl (C=O) groups excluding carboxylic acids is 1. The lowest BCUT2D eigenvalue weighted by atomic mass is 9.89. The van der Waals surface area contributed by atoms with Crippen molar-refractivity contribution in [3.05, 3.63) is 65.7 Å². The topological polar surface area (TPSA) is 72.9 Å². The summed E-state index contributed by atoms with van der Waals surface area (Å²) >= 11 is 0. The zero-order valence-electron chi connectivity index (χ0n) is 16.9. The third-order valence-corrected chi connectivity index (χ3v) is 5.70.